The van der Waals surface area contributed by atoms with Gasteiger partial charge in [-0.25, -0.2) is 14.1 Å². The summed E-state index contributed by atoms with van der Waals surface area (Å²) in [4.78, 5) is 6.37. The smallest absolute Gasteiger partial charge is 0.149 e. The molecule has 0 amide bonds. The molecule has 0 aliphatic carbocycles. The van der Waals surface area contributed by atoms with Crippen molar-refractivity contribution in [3.8, 4) is 5.69 Å². The van der Waals surface area contributed by atoms with Gasteiger partial charge < -0.3 is 14.8 Å². The number of hydrogen-bond donors (Lipinski definition) is 1. The lowest BCUT2D eigenvalue weighted by atomic mass is 9.96. The number of nitrogens with one attached hydrogen (secondary N) is 1. The molecule has 7 nitrogen and oxygen atoms in total. The van der Waals surface area contributed by atoms with E-state index in [9.17, 15) is 4.39 Å². The van der Waals surface area contributed by atoms with E-state index in [0.29, 0.717) is 24.2 Å². The maximum Gasteiger partial charge on any atom is 0.149 e. The monoisotopic (exact) mass is 375 g/mol. The Morgan fingerprint density at radius 3 is 2.81 bits per heavy atom. The fourth-order valence-corrected chi connectivity index (χ4v) is 3.90. The zero-order valence-corrected chi connectivity index (χ0v) is 15.4. The fourth-order valence-electron chi connectivity index (χ4n) is 3.90. The van der Waals surface area contributed by atoms with Crippen LogP contribution in [-0.2, 0) is 16.0 Å². The zero-order chi connectivity index (χ0) is 18.5. The first-order chi connectivity index (χ1) is 13.3. The second-order valence-electron chi connectivity index (χ2n) is 7.10. The number of morpholine rings is 1. The van der Waals surface area contributed by atoms with Crippen molar-refractivity contribution in [2.45, 2.75) is 19.0 Å². The van der Waals surface area contributed by atoms with Crippen LogP contribution in [0.3, 0.4) is 0 Å². The molecule has 1 N–H and O–H groups in total. The van der Waals surface area contributed by atoms with Crippen LogP contribution in [0.4, 0.5) is 4.39 Å². The zero-order valence-electron chi connectivity index (χ0n) is 15.4. The predicted molar refractivity (Wildman–Crippen MR) is 98.1 cm³/mol. The minimum atomic E-state index is -0.297. The summed E-state index contributed by atoms with van der Waals surface area (Å²) >= 11 is 0. The van der Waals surface area contributed by atoms with E-state index in [0.717, 1.165) is 58.0 Å². The number of hydrogen-bond acceptors (Lipinski definition) is 6. The summed E-state index contributed by atoms with van der Waals surface area (Å²) in [7, 11) is 0. The maximum atomic E-state index is 14.4. The van der Waals surface area contributed by atoms with Gasteiger partial charge in [0, 0.05) is 44.7 Å². The van der Waals surface area contributed by atoms with Gasteiger partial charge in [-0.05, 0) is 24.1 Å². The summed E-state index contributed by atoms with van der Waals surface area (Å²) in [5.41, 5.74) is 1.32. The summed E-state index contributed by atoms with van der Waals surface area (Å²) in [5, 5.41) is 7.50. The van der Waals surface area contributed by atoms with Crippen LogP contribution in [0.5, 0.6) is 0 Å². The second kappa shape index (κ2) is 8.88. The highest BCUT2D eigenvalue weighted by Crippen LogP contribution is 2.22. The van der Waals surface area contributed by atoms with Crippen LogP contribution >= 0.6 is 0 Å². The van der Waals surface area contributed by atoms with Crippen molar-refractivity contribution in [3.05, 3.63) is 42.2 Å². The molecule has 0 radical (unpaired) electrons. The number of aromatic nitrogens is 3. The third-order valence-electron chi connectivity index (χ3n) is 5.38. The van der Waals surface area contributed by atoms with Gasteiger partial charge in [-0.2, -0.15) is 5.10 Å². The molecule has 2 saturated heterocycles. The van der Waals surface area contributed by atoms with Crippen molar-refractivity contribution in [3.63, 3.8) is 0 Å². The number of ether oxygens (including phenoxy) is 2. The van der Waals surface area contributed by atoms with E-state index in [1.807, 2.05) is 6.07 Å². The van der Waals surface area contributed by atoms with Crippen molar-refractivity contribution in [2.75, 3.05) is 46.1 Å². The molecular weight excluding hydrogens is 349 g/mol. The Labute approximate surface area is 158 Å². The highest BCUT2D eigenvalue weighted by molar-refractivity contribution is 5.35. The molecule has 146 valence electrons. The molecule has 8 heteroatoms. The Morgan fingerprint density at radius 2 is 2.11 bits per heavy atom. The Kier molecular flexibility index (Phi) is 6.08. The van der Waals surface area contributed by atoms with E-state index in [1.54, 1.807) is 12.1 Å². The van der Waals surface area contributed by atoms with Gasteiger partial charge in [0.2, 0.25) is 0 Å². The molecule has 2 aliphatic rings. The Balaban J connectivity index is 1.36. The van der Waals surface area contributed by atoms with Crippen molar-refractivity contribution in [2.24, 2.45) is 5.92 Å². The first-order valence-electron chi connectivity index (χ1n) is 9.55. The quantitative estimate of drug-likeness (QED) is 0.786. The number of halogens is 1. The first kappa shape index (κ1) is 18.5. The molecule has 1 aromatic carbocycles. The van der Waals surface area contributed by atoms with Gasteiger partial charge in [0.15, 0.2) is 0 Å². The molecule has 0 spiro atoms. The standard InChI is InChI=1S/C19H26FN5O2/c20-17-9-15(1-2-18(17)25-14-22-13-23-25)10-21-11-19(16-3-6-27-12-16)24-4-7-26-8-5-24/h1-2,9,13-14,16,19,21H,3-8,10-12H2/t16-,19+/m1/s1. The van der Waals surface area contributed by atoms with E-state index in [1.165, 1.54) is 17.3 Å². The maximum absolute atomic E-state index is 14.4. The van der Waals surface area contributed by atoms with Crippen molar-refractivity contribution < 1.29 is 13.9 Å². The Morgan fingerprint density at radius 1 is 1.22 bits per heavy atom. The van der Waals surface area contributed by atoms with Crippen LogP contribution in [-0.4, -0.2) is 71.8 Å². The van der Waals surface area contributed by atoms with Crippen molar-refractivity contribution in [1.82, 2.24) is 25.0 Å². The molecule has 2 aromatic rings. The van der Waals surface area contributed by atoms with Gasteiger partial charge in [0.25, 0.3) is 0 Å². The third kappa shape index (κ3) is 4.52. The topological polar surface area (TPSA) is 64.4 Å². The summed E-state index contributed by atoms with van der Waals surface area (Å²) in [6.07, 6.45) is 3.99. The predicted octanol–water partition coefficient (Wildman–Crippen LogP) is 1.23. The number of rotatable bonds is 7. The van der Waals surface area contributed by atoms with E-state index in [-0.39, 0.29) is 5.82 Å². The van der Waals surface area contributed by atoms with Crippen LogP contribution in [0.2, 0.25) is 0 Å². The van der Waals surface area contributed by atoms with Crippen LogP contribution < -0.4 is 5.32 Å². The molecule has 0 saturated carbocycles. The molecule has 2 fully saturated rings. The van der Waals surface area contributed by atoms with E-state index in [4.69, 9.17) is 9.47 Å². The lowest BCUT2D eigenvalue weighted by Crippen LogP contribution is -2.51. The number of benzene rings is 1. The molecule has 4 rings (SSSR count). The Bertz CT molecular complexity index is 715. The second-order valence-corrected chi connectivity index (χ2v) is 7.10. The molecule has 1 aromatic heterocycles. The molecule has 27 heavy (non-hydrogen) atoms. The van der Waals surface area contributed by atoms with Gasteiger partial charge in [0.1, 0.15) is 24.2 Å². The Hall–Kier alpha value is -1.87. The van der Waals surface area contributed by atoms with Gasteiger partial charge in [-0.1, -0.05) is 6.07 Å². The van der Waals surface area contributed by atoms with Crippen LogP contribution in [0.15, 0.2) is 30.9 Å². The lowest BCUT2D eigenvalue weighted by molar-refractivity contribution is 0.00137. The van der Waals surface area contributed by atoms with E-state index >= 15 is 0 Å². The molecule has 3 heterocycles. The van der Waals surface area contributed by atoms with Crippen LogP contribution in [0, 0.1) is 11.7 Å². The average Bonchev–Trinajstić information content (AvgIpc) is 3.40. The minimum absolute atomic E-state index is 0.297. The van der Waals surface area contributed by atoms with Gasteiger partial charge in [0.05, 0.1) is 19.8 Å². The van der Waals surface area contributed by atoms with Gasteiger partial charge in [-0.15, -0.1) is 0 Å². The summed E-state index contributed by atoms with van der Waals surface area (Å²) < 4.78 is 26.9. The number of nitrogens with zero attached hydrogens (tertiary/aromatic N) is 4. The molecule has 0 unspecified atom stereocenters. The van der Waals surface area contributed by atoms with Crippen LogP contribution in [0.25, 0.3) is 5.69 Å². The molecule has 2 aliphatic heterocycles. The normalized spacial score (nSPS) is 22.2. The van der Waals surface area contributed by atoms with Crippen molar-refractivity contribution in [1.29, 1.82) is 0 Å². The first-order valence-corrected chi connectivity index (χ1v) is 9.55. The molecule has 2 atom stereocenters. The summed E-state index contributed by atoms with van der Waals surface area (Å²) in [6.45, 7) is 6.67. The van der Waals surface area contributed by atoms with E-state index < -0.39 is 0 Å². The summed E-state index contributed by atoms with van der Waals surface area (Å²) in [6, 6.07) is 5.66. The highest BCUT2D eigenvalue weighted by atomic mass is 19.1. The molecular formula is C19H26FN5O2. The van der Waals surface area contributed by atoms with Gasteiger partial charge in [-0.3, -0.25) is 4.90 Å². The average molecular weight is 375 g/mol. The van der Waals surface area contributed by atoms with E-state index in [2.05, 4.69) is 20.3 Å². The van der Waals surface area contributed by atoms with Gasteiger partial charge >= 0.3 is 0 Å². The lowest BCUT2D eigenvalue weighted by Gasteiger charge is -2.37. The minimum Gasteiger partial charge on any atom is -0.381 e. The summed E-state index contributed by atoms with van der Waals surface area (Å²) in [5.74, 6) is 0.246. The molecule has 0 bridgehead atoms. The van der Waals surface area contributed by atoms with Crippen molar-refractivity contribution >= 4 is 0 Å². The largest absolute Gasteiger partial charge is 0.381 e. The SMILES string of the molecule is Fc1cc(CNC[C@@H]([C@@H]2CCOC2)N2CCOCC2)ccc1-n1cncn1. The third-order valence-corrected chi connectivity index (χ3v) is 5.38. The fraction of sp³-hybridized carbons (Fsp3) is 0.579. The van der Waals surface area contributed by atoms with Crippen LogP contribution in [0.1, 0.15) is 12.0 Å². The highest BCUT2D eigenvalue weighted by Gasteiger charge is 2.31.